The van der Waals surface area contributed by atoms with E-state index in [2.05, 4.69) is 36.5 Å². The zero-order valence-electron chi connectivity index (χ0n) is 11.8. The van der Waals surface area contributed by atoms with Crippen LogP contribution in [0.2, 0.25) is 0 Å². The molecule has 2 rings (SSSR count). The van der Waals surface area contributed by atoms with Crippen LogP contribution in [0.15, 0.2) is 53.4 Å². The van der Waals surface area contributed by atoms with Crippen LogP contribution in [0.1, 0.15) is 16.7 Å². The van der Waals surface area contributed by atoms with Crippen LogP contribution >= 0.6 is 0 Å². The van der Waals surface area contributed by atoms with Crippen molar-refractivity contribution < 1.29 is 8.42 Å². The number of benzene rings is 2. The summed E-state index contributed by atoms with van der Waals surface area (Å²) in [6, 6.07) is 15.4. The summed E-state index contributed by atoms with van der Waals surface area (Å²) in [5.74, 6) is 0. The van der Waals surface area contributed by atoms with Crippen molar-refractivity contribution in [1.29, 1.82) is 0 Å². The van der Waals surface area contributed by atoms with Gasteiger partial charge in [0.2, 0.25) is 0 Å². The first-order chi connectivity index (χ1) is 9.45. The Balaban J connectivity index is 1.90. The summed E-state index contributed by atoms with van der Waals surface area (Å²) >= 11 is 0. The van der Waals surface area contributed by atoms with Crippen molar-refractivity contribution in [3.63, 3.8) is 0 Å². The minimum atomic E-state index is -3.11. The second kappa shape index (κ2) is 6.20. The van der Waals surface area contributed by atoms with E-state index in [4.69, 9.17) is 0 Å². The van der Waals surface area contributed by atoms with Crippen molar-refractivity contribution in [2.24, 2.45) is 0 Å². The van der Waals surface area contributed by atoms with E-state index in [-0.39, 0.29) is 0 Å². The van der Waals surface area contributed by atoms with Crippen LogP contribution in [0, 0.1) is 6.92 Å². The molecule has 0 fully saturated rings. The highest BCUT2D eigenvalue weighted by Gasteiger charge is 2.05. The molecule has 4 heteroatoms. The first kappa shape index (κ1) is 14.8. The highest BCUT2D eigenvalue weighted by molar-refractivity contribution is 7.90. The molecule has 0 aliphatic carbocycles. The van der Waals surface area contributed by atoms with Gasteiger partial charge in [-0.3, -0.25) is 0 Å². The summed E-state index contributed by atoms with van der Waals surface area (Å²) in [5.41, 5.74) is 3.57. The topological polar surface area (TPSA) is 46.2 Å². The standard InChI is InChI=1S/C16H19NO2S/c1-13-3-5-14(6-4-13)11-17-12-15-7-9-16(10-8-15)20(2,18)19/h3-10,17H,11-12H2,1-2H3. The van der Waals surface area contributed by atoms with E-state index < -0.39 is 9.84 Å². The third kappa shape index (κ3) is 4.18. The molecular weight excluding hydrogens is 270 g/mol. The zero-order chi connectivity index (χ0) is 14.6. The second-order valence-electron chi connectivity index (χ2n) is 5.01. The van der Waals surface area contributed by atoms with Gasteiger partial charge in [0.25, 0.3) is 0 Å². The maximum absolute atomic E-state index is 11.4. The average molecular weight is 289 g/mol. The van der Waals surface area contributed by atoms with Crippen LogP contribution in [0.25, 0.3) is 0 Å². The maximum atomic E-state index is 11.4. The van der Waals surface area contributed by atoms with Crippen LogP contribution in [0.5, 0.6) is 0 Å². The zero-order valence-corrected chi connectivity index (χ0v) is 12.6. The largest absolute Gasteiger partial charge is 0.309 e. The molecule has 0 saturated carbocycles. The van der Waals surface area contributed by atoms with Gasteiger partial charge >= 0.3 is 0 Å². The normalized spacial score (nSPS) is 11.5. The summed E-state index contributed by atoms with van der Waals surface area (Å²) in [4.78, 5) is 0.361. The molecule has 0 radical (unpaired) electrons. The lowest BCUT2D eigenvalue weighted by Gasteiger charge is -2.06. The van der Waals surface area contributed by atoms with Crippen molar-refractivity contribution in [2.45, 2.75) is 24.9 Å². The van der Waals surface area contributed by atoms with E-state index >= 15 is 0 Å². The second-order valence-corrected chi connectivity index (χ2v) is 7.02. The van der Waals surface area contributed by atoms with Gasteiger partial charge in [-0.15, -0.1) is 0 Å². The number of aryl methyl sites for hydroxylation is 1. The van der Waals surface area contributed by atoms with Gasteiger partial charge in [0.1, 0.15) is 0 Å². The molecule has 0 atom stereocenters. The van der Waals surface area contributed by atoms with Gasteiger partial charge in [-0.1, -0.05) is 42.0 Å². The molecule has 0 unspecified atom stereocenters. The molecular formula is C16H19NO2S. The molecule has 1 N–H and O–H groups in total. The molecule has 0 spiro atoms. The molecule has 0 aliphatic rings. The monoisotopic (exact) mass is 289 g/mol. The molecule has 0 heterocycles. The van der Waals surface area contributed by atoms with Crippen molar-refractivity contribution in [3.05, 3.63) is 65.2 Å². The quantitative estimate of drug-likeness (QED) is 0.920. The molecule has 2 aromatic rings. The average Bonchev–Trinajstić information content (AvgIpc) is 2.41. The van der Waals surface area contributed by atoms with Crippen LogP contribution < -0.4 is 5.32 Å². The molecule has 20 heavy (non-hydrogen) atoms. The van der Waals surface area contributed by atoms with Gasteiger partial charge in [-0.2, -0.15) is 0 Å². The molecule has 0 aromatic heterocycles. The lowest BCUT2D eigenvalue weighted by Crippen LogP contribution is -2.12. The van der Waals surface area contributed by atoms with E-state index in [1.165, 1.54) is 17.4 Å². The Morgan fingerprint density at radius 2 is 1.30 bits per heavy atom. The summed E-state index contributed by atoms with van der Waals surface area (Å²) < 4.78 is 22.7. The Labute approximate surface area is 120 Å². The fourth-order valence-corrected chi connectivity index (χ4v) is 2.54. The van der Waals surface area contributed by atoms with Gasteiger partial charge in [0.15, 0.2) is 9.84 Å². The molecule has 3 nitrogen and oxygen atoms in total. The molecule has 0 saturated heterocycles. The number of nitrogens with one attached hydrogen (secondary N) is 1. The lowest BCUT2D eigenvalue weighted by molar-refractivity contribution is 0.602. The number of hydrogen-bond donors (Lipinski definition) is 1. The molecule has 0 bridgehead atoms. The maximum Gasteiger partial charge on any atom is 0.175 e. The van der Waals surface area contributed by atoms with E-state index in [9.17, 15) is 8.42 Å². The van der Waals surface area contributed by atoms with Crippen LogP contribution in [0.4, 0.5) is 0 Å². The van der Waals surface area contributed by atoms with Crippen LogP contribution in [0.3, 0.4) is 0 Å². The molecule has 106 valence electrons. The van der Waals surface area contributed by atoms with E-state index in [1.54, 1.807) is 12.1 Å². The Morgan fingerprint density at radius 1 is 0.850 bits per heavy atom. The summed E-state index contributed by atoms with van der Waals surface area (Å²) in [6.07, 6.45) is 1.22. The highest BCUT2D eigenvalue weighted by atomic mass is 32.2. The van der Waals surface area contributed by atoms with E-state index in [0.29, 0.717) is 4.90 Å². The summed E-state index contributed by atoms with van der Waals surface area (Å²) in [6.45, 7) is 3.59. The SMILES string of the molecule is Cc1ccc(CNCc2ccc(S(C)(=O)=O)cc2)cc1. The van der Waals surface area contributed by atoms with Crippen molar-refractivity contribution in [3.8, 4) is 0 Å². The van der Waals surface area contributed by atoms with Gasteiger partial charge in [0.05, 0.1) is 4.90 Å². The van der Waals surface area contributed by atoms with Gasteiger partial charge < -0.3 is 5.32 Å². The van der Waals surface area contributed by atoms with Crippen LogP contribution in [-0.2, 0) is 22.9 Å². The Hall–Kier alpha value is -1.65. The number of rotatable bonds is 5. The summed E-state index contributed by atoms with van der Waals surface area (Å²) in [5, 5.41) is 3.35. The van der Waals surface area contributed by atoms with Gasteiger partial charge in [-0.25, -0.2) is 8.42 Å². The Morgan fingerprint density at radius 3 is 1.75 bits per heavy atom. The van der Waals surface area contributed by atoms with Gasteiger partial charge in [-0.05, 0) is 30.2 Å². The van der Waals surface area contributed by atoms with E-state index in [0.717, 1.165) is 18.7 Å². The minimum Gasteiger partial charge on any atom is -0.309 e. The predicted molar refractivity (Wildman–Crippen MR) is 81.3 cm³/mol. The minimum absolute atomic E-state index is 0.361. The smallest absolute Gasteiger partial charge is 0.175 e. The van der Waals surface area contributed by atoms with Gasteiger partial charge in [0, 0.05) is 19.3 Å². The first-order valence-corrected chi connectivity index (χ1v) is 8.39. The molecule has 0 amide bonds. The fourth-order valence-electron chi connectivity index (χ4n) is 1.91. The summed E-state index contributed by atoms with van der Waals surface area (Å²) in [7, 11) is -3.11. The Kier molecular flexibility index (Phi) is 4.57. The van der Waals surface area contributed by atoms with E-state index in [1.807, 2.05) is 12.1 Å². The third-order valence-electron chi connectivity index (χ3n) is 3.13. The number of sulfone groups is 1. The fraction of sp³-hybridized carbons (Fsp3) is 0.250. The van der Waals surface area contributed by atoms with Crippen molar-refractivity contribution >= 4 is 9.84 Å². The highest BCUT2D eigenvalue weighted by Crippen LogP contribution is 2.10. The molecule has 2 aromatic carbocycles. The van der Waals surface area contributed by atoms with Crippen LogP contribution in [-0.4, -0.2) is 14.7 Å². The predicted octanol–water partition coefficient (Wildman–Crippen LogP) is 2.69. The van der Waals surface area contributed by atoms with Crippen molar-refractivity contribution in [1.82, 2.24) is 5.32 Å². The molecule has 0 aliphatic heterocycles. The lowest BCUT2D eigenvalue weighted by atomic mass is 10.1. The van der Waals surface area contributed by atoms with Crippen molar-refractivity contribution in [2.75, 3.05) is 6.26 Å². The first-order valence-electron chi connectivity index (χ1n) is 6.50. The number of hydrogen-bond acceptors (Lipinski definition) is 3. The third-order valence-corrected chi connectivity index (χ3v) is 4.26. The Bertz CT molecular complexity index is 659.